The summed E-state index contributed by atoms with van der Waals surface area (Å²) >= 11 is 0. The van der Waals surface area contributed by atoms with Crippen molar-refractivity contribution >= 4 is 27.5 Å². The second kappa shape index (κ2) is 10.1. The van der Waals surface area contributed by atoms with Crippen LogP contribution in [0.1, 0.15) is 26.3 Å². The van der Waals surface area contributed by atoms with Gasteiger partial charge in [-0.3, -0.25) is 0 Å². The van der Waals surface area contributed by atoms with E-state index in [0.29, 0.717) is 11.5 Å². The molecule has 0 saturated carbocycles. The molecule has 202 valence electrons. The van der Waals surface area contributed by atoms with Gasteiger partial charge in [-0.15, -0.1) is 48.1 Å². The van der Waals surface area contributed by atoms with Crippen LogP contribution in [-0.4, -0.2) is 14.5 Å². The van der Waals surface area contributed by atoms with Gasteiger partial charge in [0.2, 0.25) is 0 Å². The molecule has 0 aliphatic carbocycles. The Morgan fingerprint density at radius 1 is 0.850 bits per heavy atom. The number of hydrogen-bond acceptors (Lipinski definition) is 4. The maximum absolute atomic E-state index is 6.32. The molecule has 0 amide bonds. The van der Waals surface area contributed by atoms with Crippen LogP contribution >= 0.6 is 0 Å². The second-order valence-electron chi connectivity index (χ2n) is 10.8. The molecular weight excluding hydrogens is 675 g/mol. The number of benzene rings is 3. The summed E-state index contributed by atoms with van der Waals surface area (Å²) < 4.78 is 8.50. The van der Waals surface area contributed by atoms with Gasteiger partial charge in [-0.1, -0.05) is 50.6 Å². The summed E-state index contributed by atoms with van der Waals surface area (Å²) in [7, 11) is 0. The quantitative estimate of drug-likeness (QED) is 0.178. The summed E-state index contributed by atoms with van der Waals surface area (Å²) in [6.07, 6.45) is 12.1. The Kier molecular flexibility index (Phi) is 6.64. The Morgan fingerprint density at radius 3 is 2.55 bits per heavy atom. The molecule has 0 atom stereocenters. The molecule has 5 aromatic rings. The fourth-order valence-electron chi connectivity index (χ4n) is 5.07. The van der Waals surface area contributed by atoms with E-state index >= 15 is 0 Å². The van der Waals surface area contributed by atoms with Crippen LogP contribution in [0.25, 0.3) is 27.6 Å². The third-order valence-electron chi connectivity index (χ3n) is 7.09. The molecule has 2 aromatic heterocycles. The molecule has 0 fully saturated rings. The second-order valence-corrected chi connectivity index (χ2v) is 10.8. The summed E-state index contributed by atoms with van der Waals surface area (Å²) in [6.45, 7) is 8.68. The SMILES string of the molecule is CC(C)(C)c1ccnc(-n2c3[c-]c(Oc4[c-]c(N5C=C6C=CC=CN6[CH-]5)ccc4)ccc3c3ccccc32)c1.[Pt]. The molecule has 7 rings (SSSR count). The van der Waals surface area contributed by atoms with Gasteiger partial charge in [0.15, 0.2) is 0 Å². The van der Waals surface area contributed by atoms with Crippen LogP contribution in [0.15, 0.2) is 109 Å². The average molecular weight is 703 g/mol. The van der Waals surface area contributed by atoms with Crippen molar-refractivity contribution < 1.29 is 25.8 Å². The van der Waals surface area contributed by atoms with Gasteiger partial charge in [0.1, 0.15) is 5.82 Å². The van der Waals surface area contributed by atoms with Crippen molar-refractivity contribution in [3.8, 4) is 17.3 Å². The predicted octanol–water partition coefficient (Wildman–Crippen LogP) is 8.03. The van der Waals surface area contributed by atoms with Gasteiger partial charge in [-0.05, 0) is 59.1 Å². The molecule has 0 radical (unpaired) electrons. The topological polar surface area (TPSA) is 33.5 Å². The number of anilines is 1. The molecule has 0 bridgehead atoms. The van der Waals surface area contributed by atoms with Crippen molar-refractivity contribution in [2.24, 2.45) is 0 Å². The Balaban J connectivity index is 0.00000289. The maximum atomic E-state index is 6.32. The molecule has 0 N–H and O–H groups in total. The standard InChI is InChI=1S/C34H27N4O.Pt/c1-34(2,3)24-16-17-35-33(19-24)38-31-13-5-4-12-29(31)30-15-14-28(21-32(30)38)39-27-11-8-10-25(20-27)37-22-26-9-6-7-18-36(26)23-37;/h4-19,22-23H,1-3H3;/q-3;. The van der Waals surface area contributed by atoms with Crippen LogP contribution < -0.4 is 9.64 Å². The van der Waals surface area contributed by atoms with E-state index in [1.807, 2.05) is 60.4 Å². The normalized spacial score (nSPS) is 14.4. The molecule has 0 unspecified atom stereocenters. The first kappa shape index (κ1) is 26.2. The summed E-state index contributed by atoms with van der Waals surface area (Å²) in [6, 6.07) is 29.6. The number of para-hydroxylation sites is 1. The number of rotatable bonds is 4. The zero-order valence-corrected chi connectivity index (χ0v) is 24.7. The van der Waals surface area contributed by atoms with Crippen molar-refractivity contribution in [3.63, 3.8) is 0 Å². The molecule has 3 aromatic carbocycles. The summed E-state index contributed by atoms with van der Waals surface area (Å²) in [5.74, 6) is 2.12. The Labute approximate surface area is 249 Å². The number of allylic oxidation sites excluding steroid dienone is 3. The number of ether oxygens (including phenoxy) is 1. The molecule has 0 saturated heterocycles. The average Bonchev–Trinajstić information content (AvgIpc) is 3.52. The summed E-state index contributed by atoms with van der Waals surface area (Å²) in [4.78, 5) is 8.88. The van der Waals surface area contributed by atoms with E-state index in [4.69, 9.17) is 9.72 Å². The summed E-state index contributed by atoms with van der Waals surface area (Å²) in [5, 5.41) is 2.26. The first-order chi connectivity index (χ1) is 18.9. The predicted molar refractivity (Wildman–Crippen MR) is 156 cm³/mol. The van der Waals surface area contributed by atoms with Gasteiger partial charge >= 0.3 is 0 Å². The van der Waals surface area contributed by atoms with E-state index in [0.717, 1.165) is 39.0 Å². The molecule has 40 heavy (non-hydrogen) atoms. The van der Waals surface area contributed by atoms with E-state index in [1.165, 1.54) is 5.56 Å². The number of fused-ring (bicyclic) bond motifs is 4. The van der Waals surface area contributed by atoms with Crippen LogP contribution in [0.3, 0.4) is 0 Å². The third kappa shape index (κ3) is 4.65. The molecule has 2 aliphatic rings. The third-order valence-corrected chi connectivity index (χ3v) is 7.09. The monoisotopic (exact) mass is 702 g/mol. The Hall–Kier alpha value is -4.08. The van der Waals surface area contributed by atoms with E-state index in [9.17, 15) is 0 Å². The van der Waals surface area contributed by atoms with Crippen LogP contribution in [0.2, 0.25) is 0 Å². The number of aromatic nitrogens is 2. The van der Waals surface area contributed by atoms with Gasteiger partial charge in [-0.25, -0.2) is 4.98 Å². The van der Waals surface area contributed by atoms with E-state index < -0.39 is 0 Å². The van der Waals surface area contributed by atoms with E-state index in [-0.39, 0.29) is 26.5 Å². The first-order valence-corrected chi connectivity index (χ1v) is 13.0. The van der Waals surface area contributed by atoms with Crippen LogP contribution in [0.5, 0.6) is 11.5 Å². The van der Waals surface area contributed by atoms with Gasteiger partial charge in [0.25, 0.3) is 0 Å². The van der Waals surface area contributed by atoms with Gasteiger partial charge < -0.3 is 19.1 Å². The minimum absolute atomic E-state index is 0. The molecule has 5 nitrogen and oxygen atoms in total. The van der Waals surface area contributed by atoms with Crippen molar-refractivity contribution in [2.45, 2.75) is 26.2 Å². The molecule has 4 heterocycles. The van der Waals surface area contributed by atoms with Crippen molar-refractivity contribution in [2.75, 3.05) is 4.90 Å². The zero-order chi connectivity index (χ0) is 26.6. The minimum Gasteiger partial charge on any atom is -0.509 e. The Morgan fingerprint density at radius 2 is 1.70 bits per heavy atom. The smallest absolute Gasteiger partial charge is 0.135 e. The number of nitrogens with zero attached hydrogens (tertiary/aromatic N) is 4. The molecule has 6 heteroatoms. The first-order valence-electron chi connectivity index (χ1n) is 13.0. The van der Waals surface area contributed by atoms with Crippen LogP contribution in [0, 0.1) is 18.8 Å². The fraction of sp³-hybridized carbons (Fsp3) is 0.118. The number of pyridine rings is 1. The summed E-state index contributed by atoms with van der Waals surface area (Å²) in [5.41, 5.74) is 5.26. The van der Waals surface area contributed by atoms with Gasteiger partial charge in [0, 0.05) is 50.0 Å². The van der Waals surface area contributed by atoms with E-state index in [2.05, 4.69) is 97.1 Å². The largest absolute Gasteiger partial charge is 0.509 e. The number of hydrogen-bond donors (Lipinski definition) is 0. The minimum atomic E-state index is 0. The molecule has 0 spiro atoms. The van der Waals surface area contributed by atoms with Crippen molar-refractivity contribution in [1.29, 1.82) is 0 Å². The molecule has 2 aliphatic heterocycles. The van der Waals surface area contributed by atoms with Crippen molar-refractivity contribution in [1.82, 2.24) is 14.5 Å². The van der Waals surface area contributed by atoms with Crippen LogP contribution in [-0.2, 0) is 26.5 Å². The van der Waals surface area contributed by atoms with Crippen LogP contribution in [0.4, 0.5) is 5.69 Å². The Bertz CT molecular complexity index is 1830. The van der Waals surface area contributed by atoms with Crippen molar-refractivity contribution in [3.05, 3.63) is 134 Å². The molecular formula is C34H27N4OPt-3. The van der Waals surface area contributed by atoms with Gasteiger partial charge in [0.05, 0.1) is 0 Å². The van der Waals surface area contributed by atoms with Gasteiger partial charge in [-0.2, -0.15) is 12.1 Å². The zero-order valence-electron chi connectivity index (χ0n) is 22.4. The maximum Gasteiger partial charge on any atom is 0.135 e. The fourth-order valence-corrected chi connectivity index (χ4v) is 5.07. The van der Waals surface area contributed by atoms with E-state index in [1.54, 1.807) is 0 Å².